The van der Waals surface area contributed by atoms with Crippen LogP contribution in [0.2, 0.25) is 0 Å². The van der Waals surface area contributed by atoms with Gasteiger partial charge in [-0.1, -0.05) is 15.9 Å². The minimum atomic E-state index is 0.564. The lowest BCUT2D eigenvalue weighted by molar-refractivity contribution is 0.210. The third kappa shape index (κ3) is 4.18. The number of nitrogens with zero attached hydrogens (tertiary/aromatic N) is 2. The predicted octanol–water partition coefficient (Wildman–Crippen LogP) is 3.35. The second-order valence-electron chi connectivity index (χ2n) is 4.27. The zero-order chi connectivity index (χ0) is 14.4. The SMILES string of the molecule is COCCNc1ccnc(Nc2ccc(Br)c(C)c2)n1. The highest BCUT2D eigenvalue weighted by Crippen LogP contribution is 2.21. The monoisotopic (exact) mass is 336 g/mol. The Morgan fingerprint density at radius 3 is 2.90 bits per heavy atom. The van der Waals surface area contributed by atoms with Crippen molar-refractivity contribution >= 4 is 33.4 Å². The largest absolute Gasteiger partial charge is 0.383 e. The number of aromatic nitrogens is 2. The van der Waals surface area contributed by atoms with Gasteiger partial charge < -0.3 is 15.4 Å². The van der Waals surface area contributed by atoms with Crippen molar-refractivity contribution in [2.45, 2.75) is 6.92 Å². The zero-order valence-electron chi connectivity index (χ0n) is 11.5. The highest BCUT2D eigenvalue weighted by atomic mass is 79.9. The van der Waals surface area contributed by atoms with Gasteiger partial charge in [-0.05, 0) is 36.8 Å². The summed E-state index contributed by atoms with van der Waals surface area (Å²) in [5, 5.41) is 6.36. The topological polar surface area (TPSA) is 59.1 Å². The number of halogens is 1. The van der Waals surface area contributed by atoms with E-state index in [1.54, 1.807) is 13.3 Å². The first-order valence-electron chi connectivity index (χ1n) is 6.28. The summed E-state index contributed by atoms with van der Waals surface area (Å²) in [7, 11) is 1.67. The Labute approximate surface area is 126 Å². The number of nitrogens with one attached hydrogen (secondary N) is 2. The van der Waals surface area contributed by atoms with Crippen molar-refractivity contribution in [3.05, 3.63) is 40.5 Å². The van der Waals surface area contributed by atoms with Gasteiger partial charge in [0.05, 0.1) is 6.61 Å². The summed E-state index contributed by atoms with van der Waals surface area (Å²) in [6.07, 6.45) is 1.72. The fraction of sp³-hybridized carbons (Fsp3) is 0.286. The van der Waals surface area contributed by atoms with Crippen LogP contribution in [0.1, 0.15) is 5.56 Å². The van der Waals surface area contributed by atoms with Crippen molar-refractivity contribution in [2.24, 2.45) is 0 Å². The molecule has 106 valence electrons. The van der Waals surface area contributed by atoms with Crippen molar-refractivity contribution < 1.29 is 4.74 Å². The first-order chi connectivity index (χ1) is 9.69. The van der Waals surface area contributed by atoms with Crippen molar-refractivity contribution in [1.29, 1.82) is 0 Å². The highest BCUT2D eigenvalue weighted by Gasteiger charge is 2.01. The molecule has 0 amide bonds. The number of anilines is 3. The van der Waals surface area contributed by atoms with Gasteiger partial charge in [-0.3, -0.25) is 0 Å². The molecule has 0 fully saturated rings. The van der Waals surface area contributed by atoms with Crippen molar-refractivity contribution in [3.63, 3.8) is 0 Å². The van der Waals surface area contributed by atoms with E-state index in [0.29, 0.717) is 19.1 Å². The van der Waals surface area contributed by atoms with E-state index in [0.717, 1.165) is 21.5 Å². The normalized spacial score (nSPS) is 10.3. The van der Waals surface area contributed by atoms with E-state index in [4.69, 9.17) is 4.74 Å². The molecule has 2 rings (SSSR count). The van der Waals surface area contributed by atoms with Gasteiger partial charge in [0.15, 0.2) is 0 Å². The molecule has 1 heterocycles. The number of ether oxygens (including phenoxy) is 1. The summed E-state index contributed by atoms with van der Waals surface area (Å²) in [5.74, 6) is 1.34. The summed E-state index contributed by atoms with van der Waals surface area (Å²) < 4.78 is 6.07. The third-order valence-electron chi connectivity index (χ3n) is 2.68. The Morgan fingerprint density at radius 2 is 2.15 bits per heavy atom. The first kappa shape index (κ1) is 14.7. The predicted molar refractivity (Wildman–Crippen MR) is 84.6 cm³/mol. The summed E-state index contributed by atoms with van der Waals surface area (Å²) in [4.78, 5) is 8.60. The number of methoxy groups -OCH3 is 1. The Morgan fingerprint density at radius 1 is 1.30 bits per heavy atom. The molecule has 20 heavy (non-hydrogen) atoms. The lowest BCUT2D eigenvalue weighted by atomic mass is 10.2. The van der Waals surface area contributed by atoms with E-state index < -0.39 is 0 Å². The molecule has 2 aromatic rings. The minimum Gasteiger partial charge on any atom is -0.383 e. The highest BCUT2D eigenvalue weighted by molar-refractivity contribution is 9.10. The summed E-state index contributed by atoms with van der Waals surface area (Å²) >= 11 is 3.48. The molecule has 0 spiro atoms. The fourth-order valence-electron chi connectivity index (χ4n) is 1.65. The second kappa shape index (κ2) is 7.21. The average molecular weight is 337 g/mol. The number of aryl methyl sites for hydroxylation is 1. The van der Waals surface area contributed by atoms with Crippen LogP contribution in [-0.2, 0) is 4.74 Å². The van der Waals surface area contributed by atoms with Gasteiger partial charge in [0, 0.05) is 30.0 Å². The third-order valence-corrected chi connectivity index (χ3v) is 3.57. The molecule has 0 saturated heterocycles. The maximum atomic E-state index is 4.99. The lowest BCUT2D eigenvalue weighted by Gasteiger charge is -2.09. The fourth-order valence-corrected chi connectivity index (χ4v) is 1.90. The number of benzene rings is 1. The van der Waals surface area contributed by atoms with Gasteiger partial charge in [-0.15, -0.1) is 0 Å². The Bertz CT molecular complexity index is 577. The maximum Gasteiger partial charge on any atom is 0.229 e. The Hall–Kier alpha value is -1.66. The summed E-state index contributed by atoms with van der Waals surface area (Å²) in [6, 6.07) is 7.84. The Balaban J connectivity index is 2.05. The minimum absolute atomic E-state index is 0.564. The van der Waals surface area contributed by atoms with Crippen LogP contribution in [0.25, 0.3) is 0 Å². The molecule has 0 bridgehead atoms. The van der Waals surface area contributed by atoms with E-state index in [2.05, 4.69) is 36.5 Å². The van der Waals surface area contributed by atoms with Gasteiger partial charge in [0.2, 0.25) is 5.95 Å². The molecule has 6 heteroatoms. The molecular weight excluding hydrogens is 320 g/mol. The molecule has 0 unspecified atom stereocenters. The zero-order valence-corrected chi connectivity index (χ0v) is 13.1. The van der Waals surface area contributed by atoms with Crippen LogP contribution in [0, 0.1) is 6.92 Å². The van der Waals surface area contributed by atoms with E-state index in [1.807, 2.05) is 31.2 Å². The molecule has 0 saturated carbocycles. The van der Waals surface area contributed by atoms with Crippen molar-refractivity contribution in [2.75, 3.05) is 30.9 Å². The Kier molecular flexibility index (Phi) is 5.31. The molecule has 0 aliphatic carbocycles. The summed E-state index contributed by atoms with van der Waals surface area (Å²) in [6.45, 7) is 3.39. The molecule has 1 aromatic heterocycles. The van der Waals surface area contributed by atoms with E-state index >= 15 is 0 Å². The van der Waals surface area contributed by atoms with Crippen LogP contribution in [0.15, 0.2) is 34.9 Å². The van der Waals surface area contributed by atoms with Gasteiger partial charge in [0.1, 0.15) is 5.82 Å². The van der Waals surface area contributed by atoms with Crippen molar-refractivity contribution in [3.8, 4) is 0 Å². The average Bonchev–Trinajstić information content (AvgIpc) is 2.44. The van der Waals surface area contributed by atoms with Crippen LogP contribution >= 0.6 is 15.9 Å². The number of hydrogen-bond donors (Lipinski definition) is 2. The van der Waals surface area contributed by atoms with Crippen LogP contribution in [-0.4, -0.2) is 30.2 Å². The maximum absolute atomic E-state index is 4.99. The van der Waals surface area contributed by atoms with Crippen molar-refractivity contribution in [1.82, 2.24) is 9.97 Å². The molecule has 1 aromatic carbocycles. The molecule has 2 N–H and O–H groups in total. The van der Waals surface area contributed by atoms with E-state index in [1.165, 1.54) is 0 Å². The first-order valence-corrected chi connectivity index (χ1v) is 7.07. The van der Waals surface area contributed by atoms with Crippen LogP contribution in [0.3, 0.4) is 0 Å². The molecular formula is C14H17BrN4O. The molecule has 0 aliphatic heterocycles. The lowest BCUT2D eigenvalue weighted by Crippen LogP contribution is -2.09. The smallest absolute Gasteiger partial charge is 0.229 e. The molecule has 0 atom stereocenters. The quantitative estimate of drug-likeness (QED) is 0.792. The number of rotatable bonds is 6. The van der Waals surface area contributed by atoms with Gasteiger partial charge in [-0.2, -0.15) is 4.98 Å². The molecule has 0 radical (unpaired) electrons. The van der Waals surface area contributed by atoms with E-state index in [-0.39, 0.29) is 0 Å². The van der Waals surface area contributed by atoms with Crippen LogP contribution < -0.4 is 10.6 Å². The van der Waals surface area contributed by atoms with Crippen LogP contribution in [0.5, 0.6) is 0 Å². The van der Waals surface area contributed by atoms with Gasteiger partial charge in [0.25, 0.3) is 0 Å². The van der Waals surface area contributed by atoms with Gasteiger partial charge >= 0.3 is 0 Å². The second-order valence-corrected chi connectivity index (χ2v) is 5.13. The molecule has 5 nitrogen and oxygen atoms in total. The van der Waals surface area contributed by atoms with Crippen LogP contribution in [0.4, 0.5) is 17.5 Å². The molecule has 0 aliphatic rings. The summed E-state index contributed by atoms with van der Waals surface area (Å²) in [5.41, 5.74) is 2.11. The van der Waals surface area contributed by atoms with Gasteiger partial charge in [-0.25, -0.2) is 4.98 Å². The standard InChI is InChI=1S/C14H17BrN4O/c1-10-9-11(3-4-12(10)15)18-14-17-6-5-13(19-14)16-7-8-20-2/h3-6,9H,7-8H2,1-2H3,(H2,16,17,18,19). The van der Waals surface area contributed by atoms with E-state index in [9.17, 15) is 0 Å². The number of hydrogen-bond acceptors (Lipinski definition) is 5.